The monoisotopic (exact) mass is 221 g/mol. The molecule has 2 heterocycles. The second kappa shape index (κ2) is 4.80. The molecule has 1 unspecified atom stereocenters. The number of rotatable bonds is 3. The fourth-order valence-corrected chi connectivity index (χ4v) is 1.95. The van der Waals surface area contributed by atoms with Crippen molar-refractivity contribution in [1.82, 2.24) is 9.88 Å². The highest BCUT2D eigenvalue weighted by Crippen LogP contribution is 2.25. The number of hydrogen-bond acceptors (Lipinski definition) is 4. The highest BCUT2D eigenvalue weighted by Gasteiger charge is 2.19. The third-order valence-electron chi connectivity index (χ3n) is 2.84. The van der Waals surface area contributed by atoms with E-state index in [4.69, 9.17) is 10.5 Å². The van der Waals surface area contributed by atoms with Crippen LogP contribution in [-0.4, -0.2) is 37.2 Å². The molecule has 0 aliphatic carbocycles. The van der Waals surface area contributed by atoms with Crippen LogP contribution in [0.25, 0.3) is 0 Å². The summed E-state index contributed by atoms with van der Waals surface area (Å²) in [5.41, 5.74) is 8.77. The zero-order chi connectivity index (χ0) is 11.5. The Morgan fingerprint density at radius 1 is 1.50 bits per heavy atom. The lowest BCUT2D eigenvalue weighted by Crippen LogP contribution is -2.15. The number of ether oxygens (including phenoxy) is 1. The average molecular weight is 221 g/mol. The van der Waals surface area contributed by atoms with Gasteiger partial charge in [0, 0.05) is 24.8 Å². The standard InChI is InChI=1S/C12H19N3O/c1-15(2)7-12-10(13)3-4-11(14-12)9-5-6-16-8-9/h3-4,9H,5-8,13H2,1-2H3. The highest BCUT2D eigenvalue weighted by atomic mass is 16.5. The van der Waals surface area contributed by atoms with Gasteiger partial charge in [-0.25, -0.2) is 0 Å². The predicted octanol–water partition coefficient (Wildman–Crippen LogP) is 1.23. The average Bonchev–Trinajstić information content (AvgIpc) is 2.73. The minimum absolute atomic E-state index is 0.446. The van der Waals surface area contributed by atoms with E-state index < -0.39 is 0 Å². The molecule has 1 saturated heterocycles. The minimum atomic E-state index is 0.446. The first-order chi connectivity index (χ1) is 7.66. The molecule has 0 saturated carbocycles. The molecule has 1 aliphatic rings. The molecule has 1 aromatic heterocycles. The molecule has 4 heteroatoms. The number of aromatic nitrogens is 1. The van der Waals surface area contributed by atoms with Gasteiger partial charge in [0.2, 0.25) is 0 Å². The predicted molar refractivity (Wildman–Crippen MR) is 64.2 cm³/mol. The molecular formula is C12H19N3O. The third-order valence-corrected chi connectivity index (χ3v) is 2.84. The summed E-state index contributed by atoms with van der Waals surface area (Å²) in [7, 11) is 4.04. The van der Waals surface area contributed by atoms with Crippen molar-refractivity contribution in [3.63, 3.8) is 0 Å². The van der Waals surface area contributed by atoms with Crippen molar-refractivity contribution >= 4 is 5.69 Å². The summed E-state index contributed by atoms with van der Waals surface area (Å²) in [6.45, 7) is 2.42. The molecule has 0 aromatic carbocycles. The maximum atomic E-state index is 5.92. The smallest absolute Gasteiger partial charge is 0.0775 e. The SMILES string of the molecule is CN(C)Cc1nc(C2CCOC2)ccc1N. The van der Waals surface area contributed by atoms with E-state index in [-0.39, 0.29) is 0 Å². The zero-order valence-electron chi connectivity index (χ0n) is 9.94. The number of nitrogens with two attached hydrogens (primary N) is 1. The van der Waals surface area contributed by atoms with Gasteiger partial charge in [-0.15, -0.1) is 0 Å². The van der Waals surface area contributed by atoms with Crippen LogP contribution < -0.4 is 5.73 Å². The topological polar surface area (TPSA) is 51.4 Å². The lowest BCUT2D eigenvalue weighted by Gasteiger charge is -2.14. The number of nitrogens with zero attached hydrogens (tertiary/aromatic N) is 2. The fourth-order valence-electron chi connectivity index (χ4n) is 1.95. The number of anilines is 1. The minimum Gasteiger partial charge on any atom is -0.397 e. The second-order valence-corrected chi connectivity index (χ2v) is 4.57. The normalized spacial score (nSPS) is 20.6. The Morgan fingerprint density at radius 2 is 2.31 bits per heavy atom. The summed E-state index contributed by atoms with van der Waals surface area (Å²) < 4.78 is 5.38. The van der Waals surface area contributed by atoms with Crippen LogP contribution in [-0.2, 0) is 11.3 Å². The van der Waals surface area contributed by atoms with Crippen LogP contribution in [0.4, 0.5) is 5.69 Å². The van der Waals surface area contributed by atoms with E-state index in [0.717, 1.165) is 43.3 Å². The van der Waals surface area contributed by atoms with Crippen LogP contribution in [0.3, 0.4) is 0 Å². The van der Waals surface area contributed by atoms with Crippen LogP contribution in [0.2, 0.25) is 0 Å². The van der Waals surface area contributed by atoms with Crippen molar-refractivity contribution < 1.29 is 4.74 Å². The van der Waals surface area contributed by atoms with Crippen LogP contribution in [0.1, 0.15) is 23.7 Å². The Hall–Kier alpha value is -1.13. The largest absolute Gasteiger partial charge is 0.397 e. The Labute approximate surface area is 96.4 Å². The van der Waals surface area contributed by atoms with Crippen molar-refractivity contribution in [2.24, 2.45) is 0 Å². The molecule has 1 aromatic rings. The van der Waals surface area contributed by atoms with Gasteiger partial charge >= 0.3 is 0 Å². The van der Waals surface area contributed by atoms with E-state index in [1.807, 2.05) is 26.2 Å². The van der Waals surface area contributed by atoms with Gasteiger partial charge in [0.15, 0.2) is 0 Å². The lowest BCUT2D eigenvalue weighted by atomic mass is 10.0. The van der Waals surface area contributed by atoms with Gasteiger partial charge in [-0.05, 0) is 32.6 Å². The number of pyridine rings is 1. The van der Waals surface area contributed by atoms with E-state index in [0.29, 0.717) is 5.92 Å². The van der Waals surface area contributed by atoms with E-state index >= 15 is 0 Å². The Balaban J connectivity index is 2.20. The first-order valence-corrected chi connectivity index (χ1v) is 5.64. The summed E-state index contributed by atoms with van der Waals surface area (Å²) in [4.78, 5) is 6.72. The maximum absolute atomic E-state index is 5.92. The maximum Gasteiger partial charge on any atom is 0.0775 e. The molecule has 1 atom stereocenters. The summed E-state index contributed by atoms with van der Waals surface area (Å²) in [6.07, 6.45) is 1.07. The molecule has 0 bridgehead atoms. The van der Waals surface area contributed by atoms with Crippen molar-refractivity contribution in [1.29, 1.82) is 0 Å². The van der Waals surface area contributed by atoms with E-state index in [2.05, 4.69) is 9.88 Å². The highest BCUT2D eigenvalue weighted by molar-refractivity contribution is 5.43. The third kappa shape index (κ3) is 2.51. The molecule has 4 nitrogen and oxygen atoms in total. The summed E-state index contributed by atoms with van der Waals surface area (Å²) in [5.74, 6) is 0.446. The van der Waals surface area contributed by atoms with Crippen molar-refractivity contribution in [3.05, 3.63) is 23.5 Å². The van der Waals surface area contributed by atoms with Crippen LogP contribution in [0, 0.1) is 0 Å². The second-order valence-electron chi connectivity index (χ2n) is 4.57. The fraction of sp³-hybridized carbons (Fsp3) is 0.583. The first-order valence-electron chi connectivity index (χ1n) is 5.64. The molecule has 0 radical (unpaired) electrons. The van der Waals surface area contributed by atoms with Gasteiger partial charge in [-0.2, -0.15) is 0 Å². The van der Waals surface area contributed by atoms with Gasteiger partial charge in [-0.3, -0.25) is 4.98 Å². The van der Waals surface area contributed by atoms with Gasteiger partial charge < -0.3 is 15.4 Å². The van der Waals surface area contributed by atoms with Crippen LogP contribution in [0.5, 0.6) is 0 Å². The number of hydrogen-bond donors (Lipinski definition) is 1. The van der Waals surface area contributed by atoms with Crippen LogP contribution >= 0.6 is 0 Å². The summed E-state index contributed by atoms with van der Waals surface area (Å²) >= 11 is 0. The van der Waals surface area contributed by atoms with Gasteiger partial charge in [0.05, 0.1) is 18.0 Å². The molecule has 16 heavy (non-hydrogen) atoms. The molecule has 1 aliphatic heterocycles. The molecular weight excluding hydrogens is 202 g/mol. The van der Waals surface area contributed by atoms with E-state index in [1.54, 1.807) is 0 Å². The van der Waals surface area contributed by atoms with Crippen molar-refractivity contribution in [2.45, 2.75) is 18.9 Å². The Bertz CT molecular complexity index is 359. The Kier molecular flexibility index (Phi) is 3.41. The molecule has 0 amide bonds. The lowest BCUT2D eigenvalue weighted by molar-refractivity contribution is 0.193. The first kappa shape index (κ1) is 11.4. The number of nitrogen functional groups attached to an aromatic ring is 1. The van der Waals surface area contributed by atoms with E-state index in [1.165, 1.54) is 0 Å². The van der Waals surface area contributed by atoms with Gasteiger partial charge in [0.25, 0.3) is 0 Å². The molecule has 2 rings (SSSR count). The molecule has 88 valence electrons. The van der Waals surface area contributed by atoms with Gasteiger partial charge in [-0.1, -0.05) is 0 Å². The molecule has 2 N–H and O–H groups in total. The summed E-state index contributed by atoms with van der Waals surface area (Å²) in [6, 6.07) is 3.98. The molecule has 0 spiro atoms. The quantitative estimate of drug-likeness (QED) is 0.834. The molecule has 1 fully saturated rings. The van der Waals surface area contributed by atoms with Crippen molar-refractivity contribution in [2.75, 3.05) is 33.0 Å². The zero-order valence-corrected chi connectivity index (χ0v) is 9.94. The van der Waals surface area contributed by atoms with Crippen LogP contribution in [0.15, 0.2) is 12.1 Å². The summed E-state index contributed by atoms with van der Waals surface area (Å²) in [5, 5.41) is 0. The van der Waals surface area contributed by atoms with E-state index in [9.17, 15) is 0 Å². The Morgan fingerprint density at radius 3 is 2.94 bits per heavy atom. The van der Waals surface area contributed by atoms with Gasteiger partial charge in [0.1, 0.15) is 0 Å². The van der Waals surface area contributed by atoms with Crippen molar-refractivity contribution in [3.8, 4) is 0 Å².